The van der Waals surface area contributed by atoms with Crippen LogP contribution in [0.2, 0.25) is 0 Å². The lowest BCUT2D eigenvalue weighted by atomic mass is 10.0. The summed E-state index contributed by atoms with van der Waals surface area (Å²) >= 11 is 0. The molecule has 0 radical (unpaired) electrons. The number of phenols is 1. The third-order valence-electron chi connectivity index (χ3n) is 3.81. The highest BCUT2D eigenvalue weighted by atomic mass is 16.5. The van der Waals surface area contributed by atoms with E-state index in [-0.39, 0.29) is 0 Å². The molecule has 2 nitrogen and oxygen atoms in total. The number of phenolic OH excluding ortho intramolecular Hbond substituents is 1. The Kier molecular flexibility index (Phi) is 4.95. The van der Waals surface area contributed by atoms with Gasteiger partial charge in [0.05, 0.1) is 0 Å². The first-order chi connectivity index (χ1) is 11.3. The maximum atomic E-state index is 9.29. The largest absolute Gasteiger partial charge is 0.508 e. The van der Waals surface area contributed by atoms with Crippen LogP contribution in [0.15, 0.2) is 78.9 Å². The van der Waals surface area contributed by atoms with Crippen molar-refractivity contribution in [1.82, 2.24) is 0 Å². The van der Waals surface area contributed by atoms with Crippen LogP contribution in [0.1, 0.15) is 16.7 Å². The Hall–Kier alpha value is -2.74. The van der Waals surface area contributed by atoms with Crippen molar-refractivity contribution in [2.24, 2.45) is 0 Å². The summed E-state index contributed by atoms with van der Waals surface area (Å²) in [6.07, 6.45) is 1.94. The summed E-state index contributed by atoms with van der Waals surface area (Å²) in [5, 5.41) is 9.29. The molecule has 23 heavy (non-hydrogen) atoms. The van der Waals surface area contributed by atoms with Crippen molar-refractivity contribution in [3.8, 4) is 11.5 Å². The molecule has 0 aliphatic heterocycles. The minimum absolute atomic E-state index is 0.314. The third-order valence-corrected chi connectivity index (χ3v) is 3.81. The van der Waals surface area contributed by atoms with Gasteiger partial charge in [0.1, 0.15) is 18.1 Å². The minimum atomic E-state index is 0.314. The van der Waals surface area contributed by atoms with Gasteiger partial charge in [-0.05, 0) is 53.8 Å². The van der Waals surface area contributed by atoms with Gasteiger partial charge in [0.2, 0.25) is 0 Å². The van der Waals surface area contributed by atoms with Crippen LogP contribution in [0.5, 0.6) is 11.5 Å². The lowest BCUT2D eigenvalue weighted by Crippen LogP contribution is -1.96. The molecule has 3 rings (SSSR count). The average Bonchev–Trinajstić information content (AvgIpc) is 2.61. The van der Waals surface area contributed by atoms with Crippen molar-refractivity contribution in [1.29, 1.82) is 0 Å². The molecule has 0 saturated heterocycles. The number of benzene rings is 3. The normalized spacial score (nSPS) is 10.4. The molecule has 0 fully saturated rings. The molecule has 0 saturated carbocycles. The topological polar surface area (TPSA) is 29.5 Å². The van der Waals surface area contributed by atoms with E-state index in [9.17, 15) is 5.11 Å². The first-order valence-electron chi connectivity index (χ1n) is 7.83. The van der Waals surface area contributed by atoms with E-state index in [1.165, 1.54) is 16.7 Å². The van der Waals surface area contributed by atoms with E-state index in [0.29, 0.717) is 12.4 Å². The number of aromatic hydroxyl groups is 1. The highest BCUT2D eigenvalue weighted by molar-refractivity contribution is 5.30. The van der Waals surface area contributed by atoms with Crippen LogP contribution in [0.25, 0.3) is 0 Å². The average molecular weight is 304 g/mol. The Bertz CT molecular complexity index is 716. The zero-order valence-corrected chi connectivity index (χ0v) is 13.0. The second-order valence-electron chi connectivity index (χ2n) is 5.58. The summed E-state index contributed by atoms with van der Waals surface area (Å²) in [4.78, 5) is 0. The fourth-order valence-electron chi connectivity index (χ4n) is 2.44. The number of hydrogen-bond acceptors (Lipinski definition) is 2. The van der Waals surface area contributed by atoms with E-state index in [0.717, 1.165) is 18.6 Å². The van der Waals surface area contributed by atoms with Gasteiger partial charge >= 0.3 is 0 Å². The van der Waals surface area contributed by atoms with Crippen LogP contribution in [-0.4, -0.2) is 5.11 Å². The molecule has 0 aliphatic rings. The van der Waals surface area contributed by atoms with Crippen molar-refractivity contribution in [3.05, 3.63) is 95.6 Å². The standard InChI is InChI=1S/C21H20O2/c22-20-12-8-17(9-13-20)6-7-18-10-14-21(15-11-18)23-16-19-4-2-1-3-5-19/h1-5,8-15,22H,6-7,16H2. The van der Waals surface area contributed by atoms with Crippen LogP contribution >= 0.6 is 0 Å². The predicted octanol–water partition coefficient (Wildman–Crippen LogP) is 4.76. The van der Waals surface area contributed by atoms with Gasteiger partial charge in [-0.15, -0.1) is 0 Å². The summed E-state index contributed by atoms with van der Waals surface area (Å²) in [5.74, 6) is 1.20. The van der Waals surface area contributed by atoms with Crippen molar-refractivity contribution in [3.63, 3.8) is 0 Å². The van der Waals surface area contributed by atoms with E-state index in [1.807, 2.05) is 42.5 Å². The monoisotopic (exact) mass is 304 g/mol. The van der Waals surface area contributed by atoms with Gasteiger partial charge in [0.15, 0.2) is 0 Å². The molecule has 0 bridgehead atoms. The van der Waals surface area contributed by atoms with Crippen LogP contribution in [0.3, 0.4) is 0 Å². The van der Waals surface area contributed by atoms with Crippen LogP contribution in [0, 0.1) is 0 Å². The Morgan fingerprint density at radius 3 is 1.78 bits per heavy atom. The zero-order valence-electron chi connectivity index (χ0n) is 13.0. The van der Waals surface area contributed by atoms with Crippen LogP contribution in [-0.2, 0) is 19.4 Å². The fraction of sp³-hybridized carbons (Fsp3) is 0.143. The number of ether oxygens (including phenoxy) is 1. The summed E-state index contributed by atoms with van der Waals surface area (Å²) < 4.78 is 5.80. The second-order valence-corrected chi connectivity index (χ2v) is 5.58. The van der Waals surface area contributed by atoms with Crippen molar-refractivity contribution in [2.75, 3.05) is 0 Å². The highest BCUT2D eigenvalue weighted by Crippen LogP contribution is 2.16. The Morgan fingerprint density at radius 1 is 0.609 bits per heavy atom. The second kappa shape index (κ2) is 7.50. The van der Waals surface area contributed by atoms with Gasteiger partial charge in [0, 0.05) is 0 Å². The van der Waals surface area contributed by atoms with E-state index in [4.69, 9.17) is 4.74 Å². The smallest absolute Gasteiger partial charge is 0.119 e. The minimum Gasteiger partial charge on any atom is -0.508 e. The van der Waals surface area contributed by atoms with Crippen molar-refractivity contribution in [2.45, 2.75) is 19.4 Å². The molecule has 116 valence electrons. The highest BCUT2D eigenvalue weighted by Gasteiger charge is 1.99. The van der Waals surface area contributed by atoms with Gasteiger partial charge in [-0.3, -0.25) is 0 Å². The zero-order chi connectivity index (χ0) is 15.9. The van der Waals surface area contributed by atoms with Gasteiger partial charge in [0.25, 0.3) is 0 Å². The SMILES string of the molecule is Oc1ccc(CCc2ccc(OCc3ccccc3)cc2)cc1. The molecule has 0 aliphatic carbocycles. The summed E-state index contributed by atoms with van der Waals surface area (Å²) in [6, 6.07) is 25.8. The lowest BCUT2D eigenvalue weighted by Gasteiger charge is -2.07. The van der Waals surface area contributed by atoms with Gasteiger partial charge in [-0.25, -0.2) is 0 Å². The van der Waals surface area contributed by atoms with E-state index >= 15 is 0 Å². The number of rotatable bonds is 6. The molecule has 3 aromatic rings. The molecule has 2 heteroatoms. The molecular formula is C21H20O2. The summed E-state index contributed by atoms with van der Waals surface area (Å²) in [5.41, 5.74) is 3.68. The Morgan fingerprint density at radius 2 is 1.17 bits per heavy atom. The van der Waals surface area contributed by atoms with E-state index < -0.39 is 0 Å². The quantitative estimate of drug-likeness (QED) is 0.711. The molecule has 1 N–H and O–H groups in total. The summed E-state index contributed by atoms with van der Waals surface area (Å²) in [6.45, 7) is 0.591. The fourth-order valence-corrected chi connectivity index (χ4v) is 2.44. The van der Waals surface area contributed by atoms with Crippen molar-refractivity contribution >= 4 is 0 Å². The molecule has 0 atom stereocenters. The molecular weight excluding hydrogens is 284 g/mol. The van der Waals surface area contributed by atoms with Gasteiger partial charge in [-0.1, -0.05) is 54.6 Å². The molecule has 0 unspecified atom stereocenters. The maximum Gasteiger partial charge on any atom is 0.119 e. The first-order valence-corrected chi connectivity index (χ1v) is 7.83. The van der Waals surface area contributed by atoms with Gasteiger partial charge < -0.3 is 9.84 Å². The van der Waals surface area contributed by atoms with Crippen LogP contribution in [0.4, 0.5) is 0 Å². The Labute approximate surface area is 137 Å². The summed E-state index contributed by atoms with van der Waals surface area (Å²) in [7, 11) is 0. The first kappa shape index (κ1) is 15.2. The van der Waals surface area contributed by atoms with E-state index in [1.54, 1.807) is 12.1 Å². The maximum absolute atomic E-state index is 9.29. The van der Waals surface area contributed by atoms with Gasteiger partial charge in [-0.2, -0.15) is 0 Å². The molecule has 0 heterocycles. The molecule has 0 spiro atoms. The number of hydrogen-bond donors (Lipinski definition) is 1. The third kappa shape index (κ3) is 4.62. The number of aryl methyl sites for hydroxylation is 2. The van der Waals surface area contributed by atoms with Crippen LogP contribution < -0.4 is 4.74 Å². The molecule has 3 aromatic carbocycles. The molecule has 0 amide bonds. The molecule has 0 aromatic heterocycles. The lowest BCUT2D eigenvalue weighted by molar-refractivity contribution is 0.306. The predicted molar refractivity (Wildman–Crippen MR) is 92.7 cm³/mol. The Balaban J connectivity index is 1.51. The van der Waals surface area contributed by atoms with E-state index in [2.05, 4.69) is 24.3 Å². The van der Waals surface area contributed by atoms with Crippen molar-refractivity contribution < 1.29 is 9.84 Å².